The molecule has 0 aromatic rings. The van der Waals surface area contributed by atoms with Crippen LogP contribution in [0.3, 0.4) is 0 Å². The highest BCUT2D eigenvalue weighted by Crippen LogP contribution is 2.55. The van der Waals surface area contributed by atoms with Crippen molar-refractivity contribution < 1.29 is 14.7 Å². The van der Waals surface area contributed by atoms with Gasteiger partial charge in [-0.15, -0.1) is 0 Å². The van der Waals surface area contributed by atoms with Crippen LogP contribution in [-0.4, -0.2) is 41.8 Å². The zero-order chi connectivity index (χ0) is 21.9. The number of carbonyl (C=O) groups excluding carboxylic acids is 2. The van der Waals surface area contributed by atoms with Crippen molar-refractivity contribution in [1.29, 1.82) is 0 Å². The quantitative estimate of drug-likeness (QED) is 0.547. The third-order valence-electron chi connectivity index (χ3n) is 8.55. The smallest absolute Gasteiger partial charge is 0.315 e. The molecule has 4 N–H and O–H groups in total. The normalized spacial score (nSPS) is 38.2. The van der Waals surface area contributed by atoms with Crippen molar-refractivity contribution in [2.75, 3.05) is 6.54 Å². The van der Waals surface area contributed by atoms with Crippen molar-refractivity contribution >= 4 is 11.9 Å². The van der Waals surface area contributed by atoms with Crippen LogP contribution in [0.5, 0.6) is 0 Å². The molecule has 172 valence electrons. The van der Waals surface area contributed by atoms with Gasteiger partial charge in [-0.05, 0) is 68.6 Å². The average Bonchev–Trinajstić information content (AvgIpc) is 2.71. The summed E-state index contributed by atoms with van der Waals surface area (Å²) < 4.78 is 0. The predicted molar refractivity (Wildman–Crippen MR) is 119 cm³/mol. The summed E-state index contributed by atoms with van der Waals surface area (Å²) in [4.78, 5) is 25.1. The fourth-order valence-electron chi connectivity index (χ4n) is 6.65. The molecular formula is C24H43N3O3. The number of hydrogen-bond acceptors (Lipinski definition) is 3. The van der Waals surface area contributed by atoms with Gasteiger partial charge in [-0.3, -0.25) is 4.79 Å². The topological polar surface area (TPSA) is 90.5 Å². The van der Waals surface area contributed by atoms with Crippen LogP contribution >= 0.6 is 0 Å². The highest BCUT2D eigenvalue weighted by atomic mass is 16.3. The Bertz CT molecular complexity index is 607. The van der Waals surface area contributed by atoms with Crippen molar-refractivity contribution in [3.05, 3.63) is 0 Å². The van der Waals surface area contributed by atoms with E-state index in [1.165, 1.54) is 19.3 Å². The van der Waals surface area contributed by atoms with E-state index in [-0.39, 0.29) is 47.1 Å². The number of aliphatic hydroxyl groups excluding tert-OH is 1. The molecule has 3 rings (SSSR count). The van der Waals surface area contributed by atoms with Gasteiger partial charge in [0.2, 0.25) is 5.91 Å². The van der Waals surface area contributed by atoms with Crippen molar-refractivity contribution in [3.63, 3.8) is 0 Å². The van der Waals surface area contributed by atoms with Gasteiger partial charge in [-0.25, -0.2) is 4.79 Å². The fraction of sp³-hybridized carbons (Fsp3) is 0.917. The maximum Gasteiger partial charge on any atom is 0.315 e. The van der Waals surface area contributed by atoms with Gasteiger partial charge in [0.05, 0.1) is 6.10 Å². The summed E-state index contributed by atoms with van der Waals surface area (Å²) in [6, 6.07) is 0.244. The van der Waals surface area contributed by atoms with Gasteiger partial charge in [0.15, 0.2) is 0 Å². The van der Waals surface area contributed by atoms with E-state index in [0.29, 0.717) is 12.6 Å². The van der Waals surface area contributed by atoms with Crippen LogP contribution in [0, 0.1) is 29.1 Å². The summed E-state index contributed by atoms with van der Waals surface area (Å²) in [6.07, 6.45) is 9.20. The minimum absolute atomic E-state index is 0.0164. The number of urea groups is 1. The van der Waals surface area contributed by atoms with Gasteiger partial charge in [-0.1, -0.05) is 40.0 Å². The second-order valence-corrected chi connectivity index (χ2v) is 10.5. The van der Waals surface area contributed by atoms with Gasteiger partial charge in [0.25, 0.3) is 0 Å². The summed E-state index contributed by atoms with van der Waals surface area (Å²) in [5, 5.41) is 20.7. The first-order chi connectivity index (χ1) is 14.3. The van der Waals surface area contributed by atoms with E-state index in [1.54, 1.807) is 0 Å². The lowest BCUT2D eigenvalue weighted by atomic mass is 9.51. The summed E-state index contributed by atoms with van der Waals surface area (Å²) in [5.74, 6) is 0.183. The molecule has 0 saturated heterocycles. The van der Waals surface area contributed by atoms with Crippen molar-refractivity contribution in [2.24, 2.45) is 29.1 Å². The molecule has 6 nitrogen and oxygen atoms in total. The molecule has 3 fully saturated rings. The predicted octanol–water partition coefficient (Wildman–Crippen LogP) is 3.58. The fourth-order valence-corrected chi connectivity index (χ4v) is 6.65. The van der Waals surface area contributed by atoms with Crippen LogP contribution in [-0.2, 0) is 4.79 Å². The molecule has 0 aliphatic heterocycles. The first kappa shape index (κ1) is 23.4. The Hall–Kier alpha value is -1.30. The molecule has 0 bridgehead atoms. The molecule has 3 aliphatic rings. The molecule has 3 amide bonds. The number of nitrogens with one attached hydrogen (secondary N) is 3. The number of fused-ring (bicyclic) bond motifs is 1. The first-order valence-electron chi connectivity index (χ1n) is 12.3. The van der Waals surface area contributed by atoms with Gasteiger partial charge in [-0.2, -0.15) is 0 Å². The third kappa shape index (κ3) is 4.95. The Balaban J connectivity index is 1.66. The standard InChI is InChI=1S/C24H43N3O3/c1-5-25-23(30)27-19-12-14-24(4)13-11-18(21(28)20(24)16(19)3)15(2)22(29)26-17-9-7-6-8-10-17/h15-21,28H,5-14H2,1-4H3,(H,26,29)(H2,25,27,30)/t15-,16+,18-,19-,20+,21-,24-/m0/s1. The summed E-state index contributed by atoms with van der Waals surface area (Å²) in [5.41, 5.74) is 0.0777. The zero-order valence-electron chi connectivity index (χ0n) is 19.4. The molecule has 3 saturated carbocycles. The zero-order valence-corrected chi connectivity index (χ0v) is 19.4. The van der Waals surface area contributed by atoms with E-state index in [0.717, 1.165) is 38.5 Å². The summed E-state index contributed by atoms with van der Waals surface area (Å²) >= 11 is 0. The number of rotatable bonds is 5. The highest BCUT2D eigenvalue weighted by Gasteiger charge is 2.53. The van der Waals surface area contributed by atoms with Crippen molar-refractivity contribution in [1.82, 2.24) is 16.0 Å². The van der Waals surface area contributed by atoms with Gasteiger partial charge in [0.1, 0.15) is 0 Å². The van der Waals surface area contributed by atoms with Crippen LogP contribution < -0.4 is 16.0 Å². The lowest BCUT2D eigenvalue weighted by molar-refractivity contribution is -0.142. The molecule has 7 atom stereocenters. The minimum Gasteiger partial charge on any atom is -0.392 e. The molecule has 3 aliphatic carbocycles. The number of hydrogen-bond donors (Lipinski definition) is 4. The molecule has 0 heterocycles. The maximum atomic E-state index is 13.0. The molecule has 0 radical (unpaired) electrons. The number of aliphatic hydroxyl groups is 1. The molecule has 6 heteroatoms. The highest BCUT2D eigenvalue weighted by molar-refractivity contribution is 5.79. The molecule has 30 heavy (non-hydrogen) atoms. The second kappa shape index (κ2) is 9.88. The SMILES string of the molecule is CCNC(=O)N[C@H]1CC[C@]2(C)CC[C@@H]([C@H](C)C(=O)NC3CCCCC3)[C@H](O)[C@H]2[C@@H]1C. The average molecular weight is 422 g/mol. The van der Waals surface area contributed by atoms with E-state index in [1.807, 2.05) is 13.8 Å². The van der Waals surface area contributed by atoms with Crippen LogP contribution in [0.1, 0.15) is 85.5 Å². The van der Waals surface area contributed by atoms with Crippen LogP contribution in [0.15, 0.2) is 0 Å². The monoisotopic (exact) mass is 421 g/mol. The molecule has 0 aromatic carbocycles. The van der Waals surface area contributed by atoms with Crippen LogP contribution in [0.4, 0.5) is 4.79 Å². The first-order valence-corrected chi connectivity index (χ1v) is 12.3. The number of carbonyl (C=O) groups is 2. The second-order valence-electron chi connectivity index (χ2n) is 10.5. The minimum atomic E-state index is -0.510. The molecule has 0 aromatic heterocycles. The Labute approximate surface area is 182 Å². The third-order valence-corrected chi connectivity index (χ3v) is 8.55. The lowest BCUT2D eigenvalue weighted by Crippen LogP contribution is -2.59. The van der Waals surface area contributed by atoms with E-state index in [4.69, 9.17) is 0 Å². The largest absolute Gasteiger partial charge is 0.392 e. The Kier molecular flexibility index (Phi) is 7.70. The Morgan fingerprint density at radius 2 is 1.73 bits per heavy atom. The van der Waals surface area contributed by atoms with Gasteiger partial charge < -0.3 is 21.1 Å². The molecule has 0 spiro atoms. The van der Waals surface area contributed by atoms with E-state index in [9.17, 15) is 14.7 Å². The van der Waals surface area contributed by atoms with Crippen molar-refractivity contribution in [3.8, 4) is 0 Å². The van der Waals surface area contributed by atoms with E-state index in [2.05, 4.69) is 29.8 Å². The number of amides is 3. The Morgan fingerprint density at radius 1 is 1.07 bits per heavy atom. The van der Waals surface area contributed by atoms with E-state index < -0.39 is 6.10 Å². The van der Waals surface area contributed by atoms with Crippen LogP contribution in [0.25, 0.3) is 0 Å². The van der Waals surface area contributed by atoms with Gasteiger partial charge >= 0.3 is 6.03 Å². The van der Waals surface area contributed by atoms with Gasteiger partial charge in [0, 0.05) is 24.5 Å². The van der Waals surface area contributed by atoms with E-state index >= 15 is 0 Å². The lowest BCUT2D eigenvalue weighted by Gasteiger charge is -2.56. The van der Waals surface area contributed by atoms with Crippen LogP contribution in [0.2, 0.25) is 0 Å². The summed E-state index contributed by atoms with van der Waals surface area (Å²) in [6.45, 7) is 8.97. The Morgan fingerprint density at radius 3 is 2.40 bits per heavy atom. The summed E-state index contributed by atoms with van der Waals surface area (Å²) in [7, 11) is 0. The molecular weight excluding hydrogens is 378 g/mol. The van der Waals surface area contributed by atoms with Crippen molar-refractivity contribution in [2.45, 2.75) is 104 Å². The molecule has 0 unspecified atom stereocenters. The maximum absolute atomic E-state index is 13.0.